The summed E-state index contributed by atoms with van der Waals surface area (Å²) in [5.74, 6) is 0.226. The first-order valence-corrected chi connectivity index (χ1v) is 10.5. The molecule has 8 heteroatoms. The second kappa shape index (κ2) is 6.98. The van der Waals surface area contributed by atoms with Gasteiger partial charge < -0.3 is 4.90 Å². The molecule has 128 valence electrons. The van der Waals surface area contributed by atoms with Gasteiger partial charge in [0.05, 0.1) is 22.2 Å². The van der Waals surface area contributed by atoms with Crippen molar-refractivity contribution < 1.29 is 13.2 Å². The fourth-order valence-electron chi connectivity index (χ4n) is 2.75. The first-order valence-electron chi connectivity index (χ1n) is 7.75. The lowest BCUT2D eigenvalue weighted by atomic mass is 10.2. The quantitative estimate of drug-likeness (QED) is 0.807. The van der Waals surface area contributed by atoms with Crippen molar-refractivity contribution in [1.82, 2.24) is 14.9 Å². The van der Waals surface area contributed by atoms with Gasteiger partial charge in [0.15, 0.2) is 9.84 Å². The summed E-state index contributed by atoms with van der Waals surface area (Å²) >= 11 is 1.52. The van der Waals surface area contributed by atoms with Crippen LogP contribution in [-0.4, -0.2) is 53.8 Å². The topological polar surface area (TPSA) is 80.2 Å². The van der Waals surface area contributed by atoms with Crippen LogP contribution >= 0.6 is 11.3 Å². The third kappa shape index (κ3) is 3.99. The normalized spacial score (nSPS) is 19.3. The number of sulfone groups is 1. The lowest BCUT2D eigenvalue weighted by Gasteiger charge is -2.23. The van der Waals surface area contributed by atoms with Gasteiger partial charge in [-0.3, -0.25) is 9.78 Å². The molecule has 1 saturated heterocycles. The van der Waals surface area contributed by atoms with Gasteiger partial charge in [-0.2, -0.15) is 0 Å². The Morgan fingerprint density at radius 1 is 1.46 bits per heavy atom. The van der Waals surface area contributed by atoms with Crippen LogP contribution in [0.1, 0.15) is 17.8 Å². The molecule has 1 fully saturated rings. The number of aryl methyl sites for hydroxylation is 1. The standard InChI is InChI=1S/C16H19N3O3S2/c1-19(13-6-8-24(21,22)11-13)16(20)5-4-15-18-14(10-23-15)12-3-2-7-17-9-12/h2-3,7,9-10,13H,4-6,8,11H2,1H3. The Bertz CT molecular complexity index is 818. The van der Waals surface area contributed by atoms with Crippen LogP contribution in [0.25, 0.3) is 11.3 Å². The first kappa shape index (κ1) is 17.0. The van der Waals surface area contributed by atoms with Crippen LogP contribution in [0.15, 0.2) is 29.9 Å². The molecule has 2 aromatic heterocycles. The van der Waals surface area contributed by atoms with E-state index in [9.17, 15) is 13.2 Å². The van der Waals surface area contributed by atoms with Crippen LogP contribution in [0, 0.1) is 0 Å². The molecular formula is C16H19N3O3S2. The number of amides is 1. The molecule has 0 aromatic carbocycles. The van der Waals surface area contributed by atoms with Crippen molar-refractivity contribution in [3.05, 3.63) is 34.9 Å². The molecule has 0 saturated carbocycles. The monoisotopic (exact) mass is 365 g/mol. The predicted octanol–water partition coefficient (Wildman–Crippen LogP) is 1.78. The molecule has 0 N–H and O–H groups in total. The molecule has 6 nitrogen and oxygen atoms in total. The molecule has 3 heterocycles. The SMILES string of the molecule is CN(C(=O)CCc1nc(-c2cccnc2)cs1)C1CCS(=O)(=O)C1. The largest absolute Gasteiger partial charge is 0.342 e. The summed E-state index contributed by atoms with van der Waals surface area (Å²) in [5, 5.41) is 2.86. The van der Waals surface area contributed by atoms with Gasteiger partial charge in [-0.25, -0.2) is 13.4 Å². The van der Waals surface area contributed by atoms with Crippen LogP contribution < -0.4 is 0 Å². The smallest absolute Gasteiger partial charge is 0.223 e. The van der Waals surface area contributed by atoms with Crippen molar-refractivity contribution >= 4 is 27.1 Å². The zero-order valence-corrected chi connectivity index (χ0v) is 15.0. The number of carbonyl (C=O) groups is 1. The molecule has 1 unspecified atom stereocenters. The van der Waals surface area contributed by atoms with E-state index in [4.69, 9.17) is 0 Å². The van der Waals surface area contributed by atoms with Gasteiger partial charge in [-0.05, 0) is 18.6 Å². The number of thiazole rings is 1. The Kier molecular flexibility index (Phi) is 4.96. The van der Waals surface area contributed by atoms with E-state index in [2.05, 4.69) is 9.97 Å². The third-order valence-corrected chi connectivity index (χ3v) is 6.87. The highest BCUT2D eigenvalue weighted by Gasteiger charge is 2.32. The minimum absolute atomic E-state index is 0.0322. The Morgan fingerprint density at radius 3 is 2.96 bits per heavy atom. The van der Waals surface area contributed by atoms with Gasteiger partial charge in [0.2, 0.25) is 5.91 Å². The molecule has 3 rings (SSSR count). The number of hydrogen-bond donors (Lipinski definition) is 0. The van der Waals surface area contributed by atoms with Gasteiger partial charge >= 0.3 is 0 Å². The van der Waals surface area contributed by atoms with Gasteiger partial charge in [0.25, 0.3) is 0 Å². The maximum absolute atomic E-state index is 12.3. The molecule has 0 radical (unpaired) electrons. The Labute approximate surface area is 145 Å². The van der Waals surface area contributed by atoms with Crippen molar-refractivity contribution in [2.45, 2.75) is 25.3 Å². The summed E-state index contributed by atoms with van der Waals surface area (Å²) in [6, 6.07) is 3.62. The second-order valence-corrected chi connectivity index (χ2v) is 9.10. The number of nitrogens with zero attached hydrogens (tertiary/aromatic N) is 3. The Balaban J connectivity index is 1.56. The second-order valence-electron chi connectivity index (χ2n) is 5.93. The Morgan fingerprint density at radius 2 is 2.29 bits per heavy atom. The van der Waals surface area contributed by atoms with Gasteiger partial charge in [-0.15, -0.1) is 11.3 Å². The maximum atomic E-state index is 12.3. The molecule has 0 aliphatic carbocycles. The molecular weight excluding hydrogens is 346 g/mol. The lowest BCUT2D eigenvalue weighted by molar-refractivity contribution is -0.131. The van der Waals surface area contributed by atoms with Crippen molar-refractivity contribution in [3.63, 3.8) is 0 Å². The van der Waals surface area contributed by atoms with Crippen molar-refractivity contribution in [2.75, 3.05) is 18.6 Å². The summed E-state index contributed by atoms with van der Waals surface area (Å²) in [5.41, 5.74) is 1.82. The summed E-state index contributed by atoms with van der Waals surface area (Å²) in [6.45, 7) is 0. The number of pyridine rings is 1. The number of carbonyl (C=O) groups excluding carboxylic acids is 1. The van der Waals surface area contributed by atoms with Crippen molar-refractivity contribution in [1.29, 1.82) is 0 Å². The molecule has 0 spiro atoms. The van der Waals surface area contributed by atoms with E-state index >= 15 is 0 Å². The number of rotatable bonds is 5. The third-order valence-electron chi connectivity index (χ3n) is 4.21. The van der Waals surface area contributed by atoms with Crippen LogP contribution in [0.3, 0.4) is 0 Å². The predicted molar refractivity (Wildman–Crippen MR) is 93.5 cm³/mol. The molecule has 1 aliphatic rings. The average molecular weight is 365 g/mol. The zero-order chi connectivity index (χ0) is 17.2. The van der Waals surface area contributed by atoms with E-state index in [0.29, 0.717) is 19.3 Å². The highest BCUT2D eigenvalue weighted by Crippen LogP contribution is 2.22. The van der Waals surface area contributed by atoms with Gasteiger partial charge in [-0.1, -0.05) is 0 Å². The average Bonchev–Trinajstić information content (AvgIpc) is 3.19. The van der Waals surface area contributed by atoms with Crippen LogP contribution in [0.4, 0.5) is 0 Å². The van der Waals surface area contributed by atoms with E-state index in [0.717, 1.165) is 16.3 Å². The fraction of sp³-hybridized carbons (Fsp3) is 0.438. The Hall–Kier alpha value is -1.80. The number of hydrogen-bond acceptors (Lipinski definition) is 6. The summed E-state index contributed by atoms with van der Waals surface area (Å²) in [7, 11) is -1.29. The van der Waals surface area contributed by atoms with Crippen molar-refractivity contribution in [3.8, 4) is 11.3 Å². The zero-order valence-electron chi connectivity index (χ0n) is 13.4. The summed E-state index contributed by atoms with van der Waals surface area (Å²) < 4.78 is 23.1. The molecule has 0 bridgehead atoms. The molecule has 2 aromatic rings. The molecule has 1 atom stereocenters. The summed E-state index contributed by atoms with van der Waals surface area (Å²) in [4.78, 5) is 22.5. The van der Waals surface area contributed by atoms with E-state index in [1.807, 2.05) is 17.5 Å². The highest BCUT2D eigenvalue weighted by atomic mass is 32.2. The van der Waals surface area contributed by atoms with Gasteiger partial charge in [0.1, 0.15) is 0 Å². The van der Waals surface area contributed by atoms with E-state index < -0.39 is 9.84 Å². The van der Waals surface area contributed by atoms with E-state index in [1.165, 1.54) is 11.3 Å². The lowest BCUT2D eigenvalue weighted by Crippen LogP contribution is -2.37. The van der Waals surface area contributed by atoms with Gasteiger partial charge in [0, 0.05) is 49.3 Å². The minimum Gasteiger partial charge on any atom is -0.342 e. The highest BCUT2D eigenvalue weighted by molar-refractivity contribution is 7.91. The maximum Gasteiger partial charge on any atom is 0.223 e. The summed E-state index contributed by atoms with van der Waals surface area (Å²) in [6.07, 6.45) is 4.92. The number of aromatic nitrogens is 2. The van der Waals surface area contributed by atoms with Crippen LogP contribution in [0.2, 0.25) is 0 Å². The molecule has 24 heavy (non-hydrogen) atoms. The van der Waals surface area contributed by atoms with Crippen LogP contribution in [-0.2, 0) is 21.1 Å². The fourth-order valence-corrected chi connectivity index (χ4v) is 5.33. The van der Waals surface area contributed by atoms with Crippen molar-refractivity contribution in [2.24, 2.45) is 0 Å². The first-order chi connectivity index (χ1) is 11.4. The molecule has 1 amide bonds. The van der Waals surface area contributed by atoms with E-state index in [-0.39, 0.29) is 23.5 Å². The van der Waals surface area contributed by atoms with E-state index in [1.54, 1.807) is 24.3 Å². The van der Waals surface area contributed by atoms with Crippen LogP contribution in [0.5, 0.6) is 0 Å². The molecule has 1 aliphatic heterocycles. The minimum atomic E-state index is -2.98.